The number of carbonyl (C=O) groups is 2. The molecule has 0 aliphatic carbocycles. The average molecular weight is 397 g/mol. The Morgan fingerprint density at radius 1 is 0.966 bits per heavy atom. The number of likely N-dealkylation sites (N-methyl/N-ethyl adjacent to an activating group) is 1. The monoisotopic (exact) mass is 397 g/mol. The lowest BCUT2D eigenvalue weighted by molar-refractivity contribution is 0.0643. The quantitative estimate of drug-likeness (QED) is 0.812. The van der Waals surface area contributed by atoms with Gasteiger partial charge in [-0.25, -0.2) is 0 Å². The summed E-state index contributed by atoms with van der Waals surface area (Å²) in [6.07, 6.45) is 0. The van der Waals surface area contributed by atoms with Gasteiger partial charge in [-0.2, -0.15) is 0 Å². The fourth-order valence-corrected chi connectivity index (χ4v) is 3.35. The number of anilines is 1. The number of carbonyl (C=O) groups excluding carboxylic acids is 2. The highest BCUT2D eigenvalue weighted by atomic mass is 16.5. The van der Waals surface area contributed by atoms with Crippen LogP contribution in [0.2, 0.25) is 0 Å². The van der Waals surface area contributed by atoms with Crippen molar-refractivity contribution in [1.82, 2.24) is 9.80 Å². The molecule has 3 rings (SSSR count). The van der Waals surface area contributed by atoms with E-state index in [1.165, 1.54) is 7.11 Å². The van der Waals surface area contributed by atoms with Crippen LogP contribution in [0, 0.1) is 0 Å². The molecule has 2 aromatic rings. The first-order valence-corrected chi connectivity index (χ1v) is 9.70. The van der Waals surface area contributed by atoms with Gasteiger partial charge in [0.2, 0.25) is 0 Å². The minimum Gasteiger partial charge on any atom is -0.497 e. The number of hydrogen-bond donors (Lipinski definition) is 1. The average Bonchev–Trinajstić information content (AvgIpc) is 2.78. The van der Waals surface area contributed by atoms with E-state index < -0.39 is 0 Å². The van der Waals surface area contributed by atoms with E-state index in [2.05, 4.69) is 17.1 Å². The summed E-state index contributed by atoms with van der Waals surface area (Å²) in [4.78, 5) is 29.8. The van der Waals surface area contributed by atoms with Crippen molar-refractivity contribution in [3.8, 4) is 11.5 Å². The Bertz CT molecular complexity index is 876. The molecule has 1 saturated heterocycles. The van der Waals surface area contributed by atoms with Crippen LogP contribution < -0.4 is 14.8 Å². The summed E-state index contributed by atoms with van der Waals surface area (Å²) in [5.74, 6) is 0.771. The summed E-state index contributed by atoms with van der Waals surface area (Å²) in [7, 11) is 3.10. The molecule has 7 heteroatoms. The van der Waals surface area contributed by atoms with Crippen LogP contribution in [0.25, 0.3) is 0 Å². The van der Waals surface area contributed by atoms with Gasteiger partial charge in [0.15, 0.2) is 0 Å². The minimum absolute atomic E-state index is 0.0469. The van der Waals surface area contributed by atoms with Crippen molar-refractivity contribution in [2.24, 2.45) is 0 Å². The topological polar surface area (TPSA) is 71.1 Å². The molecule has 1 N–H and O–H groups in total. The van der Waals surface area contributed by atoms with Crippen LogP contribution >= 0.6 is 0 Å². The van der Waals surface area contributed by atoms with Gasteiger partial charge in [-0.1, -0.05) is 13.0 Å². The van der Waals surface area contributed by atoms with E-state index in [0.717, 1.165) is 19.6 Å². The molecule has 1 aliphatic heterocycles. The van der Waals surface area contributed by atoms with Gasteiger partial charge in [0.1, 0.15) is 11.5 Å². The number of nitrogens with zero attached hydrogens (tertiary/aromatic N) is 2. The van der Waals surface area contributed by atoms with Crippen molar-refractivity contribution in [1.29, 1.82) is 0 Å². The van der Waals surface area contributed by atoms with Gasteiger partial charge < -0.3 is 24.6 Å². The van der Waals surface area contributed by atoms with Gasteiger partial charge in [0.05, 0.1) is 19.9 Å². The van der Waals surface area contributed by atoms with Crippen molar-refractivity contribution >= 4 is 17.5 Å². The maximum atomic E-state index is 12.9. The maximum absolute atomic E-state index is 12.9. The van der Waals surface area contributed by atoms with E-state index in [9.17, 15) is 9.59 Å². The molecule has 0 atom stereocenters. The Kier molecular flexibility index (Phi) is 6.72. The number of piperazine rings is 1. The zero-order chi connectivity index (χ0) is 20.8. The van der Waals surface area contributed by atoms with Crippen molar-refractivity contribution in [3.63, 3.8) is 0 Å². The van der Waals surface area contributed by atoms with Gasteiger partial charge in [-0.15, -0.1) is 0 Å². The predicted molar refractivity (Wildman–Crippen MR) is 112 cm³/mol. The maximum Gasteiger partial charge on any atom is 0.255 e. The molecule has 0 spiro atoms. The minimum atomic E-state index is -0.318. The van der Waals surface area contributed by atoms with Gasteiger partial charge in [-0.05, 0) is 36.9 Å². The van der Waals surface area contributed by atoms with Crippen LogP contribution in [-0.4, -0.2) is 68.6 Å². The summed E-state index contributed by atoms with van der Waals surface area (Å²) < 4.78 is 10.5. The molecule has 2 amide bonds. The van der Waals surface area contributed by atoms with Crippen molar-refractivity contribution in [2.75, 3.05) is 52.3 Å². The number of amides is 2. The third-order valence-corrected chi connectivity index (χ3v) is 5.13. The fraction of sp³-hybridized carbons (Fsp3) is 0.364. The molecule has 1 fully saturated rings. The van der Waals surface area contributed by atoms with E-state index in [-0.39, 0.29) is 11.8 Å². The third-order valence-electron chi connectivity index (χ3n) is 5.13. The first-order chi connectivity index (χ1) is 14.0. The first kappa shape index (κ1) is 20.7. The smallest absolute Gasteiger partial charge is 0.255 e. The molecule has 154 valence electrons. The molecular weight excluding hydrogens is 370 g/mol. The Labute approximate surface area is 171 Å². The van der Waals surface area contributed by atoms with Gasteiger partial charge >= 0.3 is 0 Å². The molecule has 0 unspecified atom stereocenters. The van der Waals surface area contributed by atoms with E-state index in [4.69, 9.17) is 9.47 Å². The number of benzene rings is 2. The highest BCUT2D eigenvalue weighted by Gasteiger charge is 2.22. The molecular formula is C22H27N3O4. The van der Waals surface area contributed by atoms with Crippen LogP contribution in [0.5, 0.6) is 11.5 Å². The highest BCUT2D eigenvalue weighted by Crippen LogP contribution is 2.29. The normalized spacial score (nSPS) is 14.4. The van der Waals surface area contributed by atoms with Crippen LogP contribution in [0.3, 0.4) is 0 Å². The summed E-state index contributed by atoms with van der Waals surface area (Å²) in [5, 5.41) is 2.84. The van der Waals surface area contributed by atoms with Gasteiger partial charge in [-0.3, -0.25) is 9.59 Å². The lowest BCUT2D eigenvalue weighted by Gasteiger charge is -2.34. The number of rotatable bonds is 6. The molecule has 29 heavy (non-hydrogen) atoms. The second kappa shape index (κ2) is 9.43. The van der Waals surface area contributed by atoms with Crippen molar-refractivity contribution in [3.05, 3.63) is 53.6 Å². The third kappa shape index (κ3) is 4.86. The van der Waals surface area contributed by atoms with E-state index in [0.29, 0.717) is 41.4 Å². The van der Waals surface area contributed by atoms with Gasteiger partial charge in [0, 0.05) is 43.4 Å². The largest absolute Gasteiger partial charge is 0.497 e. The van der Waals surface area contributed by atoms with Crippen LogP contribution in [0.15, 0.2) is 42.5 Å². The second-order valence-corrected chi connectivity index (χ2v) is 6.83. The Morgan fingerprint density at radius 2 is 1.69 bits per heavy atom. The number of methoxy groups -OCH3 is 2. The summed E-state index contributed by atoms with van der Waals surface area (Å²) in [5.41, 5.74) is 1.43. The first-order valence-electron chi connectivity index (χ1n) is 9.70. The number of nitrogens with one attached hydrogen (secondary N) is 1. The standard InChI is InChI=1S/C22H27N3O4/c1-4-24-10-12-25(13-11-24)22(27)17-7-5-6-16(14-17)21(26)23-19-15-18(28-2)8-9-20(19)29-3/h5-9,14-15H,4,10-13H2,1-3H3,(H,23,26). The molecule has 0 aromatic heterocycles. The van der Waals surface area contributed by atoms with Crippen molar-refractivity contribution in [2.45, 2.75) is 6.92 Å². The molecule has 0 bridgehead atoms. The second-order valence-electron chi connectivity index (χ2n) is 6.83. The lowest BCUT2D eigenvalue weighted by atomic mass is 10.1. The Balaban J connectivity index is 1.74. The van der Waals surface area contributed by atoms with Crippen LogP contribution in [0.4, 0.5) is 5.69 Å². The summed E-state index contributed by atoms with van der Waals surface area (Å²) in [6.45, 7) is 6.26. The molecule has 1 aliphatic rings. The van der Waals surface area contributed by atoms with E-state index in [1.807, 2.05) is 4.90 Å². The lowest BCUT2D eigenvalue weighted by Crippen LogP contribution is -2.48. The molecule has 2 aromatic carbocycles. The number of hydrogen-bond acceptors (Lipinski definition) is 5. The van der Waals surface area contributed by atoms with Crippen LogP contribution in [-0.2, 0) is 0 Å². The molecule has 0 radical (unpaired) electrons. The number of ether oxygens (including phenoxy) is 2. The van der Waals surface area contributed by atoms with E-state index >= 15 is 0 Å². The Morgan fingerprint density at radius 3 is 2.34 bits per heavy atom. The summed E-state index contributed by atoms with van der Waals surface area (Å²) in [6, 6.07) is 12.0. The van der Waals surface area contributed by atoms with Crippen LogP contribution in [0.1, 0.15) is 27.6 Å². The molecule has 0 saturated carbocycles. The zero-order valence-corrected chi connectivity index (χ0v) is 17.1. The highest BCUT2D eigenvalue weighted by molar-refractivity contribution is 6.06. The fourth-order valence-electron chi connectivity index (χ4n) is 3.35. The predicted octanol–water partition coefficient (Wildman–Crippen LogP) is 2.73. The van der Waals surface area contributed by atoms with Gasteiger partial charge in [0.25, 0.3) is 11.8 Å². The van der Waals surface area contributed by atoms with Crippen molar-refractivity contribution < 1.29 is 19.1 Å². The zero-order valence-electron chi connectivity index (χ0n) is 17.1. The molecule has 1 heterocycles. The summed E-state index contributed by atoms with van der Waals surface area (Å²) >= 11 is 0. The molecule has 7 nitrogen and oxygen atoms in total. The van der Waals surface area contributed by atoms with E-state index in [1.54, 1.807) is 49.6 Å². The Hall–Kier alpha value is -3.06. The SMILES string of the molecule is CCN1CCN(C(=O)c2cccc(C(=O)Nc3cc(OC)ccc3OC)c2)CC1.